The van der Waals surface area contributed by atoms with E-state index in [2.05, 4.69) is 35.8 Å². The Kier molecular flexibility index (Phi) is 4.34. The van der Waals surface area contributed by atoms with E-state index >= 15 is 0 Å². The number of aromatic amines is 1. The van der Waals surface area contributed by atoms with Crippen molar-refractivity contribution in [2.45, 2.75) is 39.3 Å². The number of benzene rings is 1. The molecule has 26 heavy (non-hydrogen) atoms. The Labute approximate surface area is 149 Å². The predicted octanol–water partition coefficient (Wildman–Crippen LogP) is 5.16. The molecule has 3 rings (SSSR count). The first-order valence-corrected chi connectivity index (χ1v) is 8.13. The average molecular weight is 360 g/mol. The second kappa shape index (κ2) is 6.23. The van der Waals surface area contributed by atoms with Crippen LogP contribution in [0, 0.1) is 6.92 Å². The van der Waals surface area contributed by atoms with Gasteiger partial charge in [0.25, 0.3) is 0 Å². The van der Waals surface area contributed by atoms with E-state index in [1.807, 2.05) is 42.4 Å². The lowest BCUT2D eigenvalue weighted by atomic mass is 9.86. The van der Waals surface area contributed by atoms with Crippen molar-refractivity contribution in [3.05, 3.63) is 53.3 Å². The van der Waals surface area contributed by atoms with E-state index in [0.29, 0.717) is 11.4 Å². The lowest BCUT2D eigenvalue weighted by Gasteiger charge is -2.19. The van der Waals surface area contributed by atoms with Gasteiger partial charge in [0.2, 0.25) is 5.82 Å². The molecule has 0 spiro atoms. The van der Waals surface area contributed by atoms with E-state index in [1.54, 1.807) is 6.07 Å². The maximum atomic E-state index is 12.7. The Hall–Kier alpha value is -2.70. The van der Waals surface area contributed by atoms with E-state index in [4.69, 9.17) is 0 Å². The first-order valence-electron chi connectivity index (χ1n) is 8.13. The van der Waals surface area contributed by atoms with Crippen molar-refractivity contribution < 1.29 is 13.2 Å². The molecule has 0 saturated heterocycles. The number of rotatable bonds is 2. The summed E-state index contributed by atoms with van der Waals surface area (Å²) in [5, 5.41) is 5.58. The fourth-order valence-corrected chi connectivity index (χ4v) is 2.57. The van der Waals surface area contributed by atoms with Crippen LogP contribution in [0.2, 0.25) is 0 Å². The molecule has 0 aliphatic rings. The largest absolute Gasteiger partial charge is 0.451 e. The van der Waals surface area contributed by atoms with Crippen LogP contribution in [-0.2, 0) is 11.6 Å². The Morgan fingerprint density at radius 3 is 2.04 bits per heavy atom. The van der Waals surface area contributed by atoms with Crippen LogP contribution in [0.15, 0.2) is 36.4 Å². The molecule has 0 fully saturated rings. The zero-order chi connectivity index (χ0) is 19.1. The number of aryl methyl sites for hydroxylation is 1. The zero-order valence-corrected chi connectivity index (χ0v) is 14.9. The van der Waals surface area contributed by atoms with E-state index in [0.717, 1.165) is 11.1 Å². The summed E-state index contributed by atoms with van der Waals surface area (Å²) in [4.78, 5) is 7.97. The van der Waals surface area contributed by atoms with Crippen molar-refractivity contribution in [1.29, 1.82) is 0 Å². The van der Waals surface area contributed by atoms with E-state index in [1.165, 1.54) is 5.56 Å². The van der Waals surface area contributed by atoms with E-state index in [-0.39, 0.29) is 11.2 Å². The lowest BCUT2D eigenvalue weighted by molar-refractivity contribution is -0.144. The summed E-state index contributed by atoms with van der Waals surface area (Å²) >= 11 is 0. The summed E-state index contributed by atoms with van der Waals surface area (Å²) in [6.45, 7) is 8.25. The zero-order valence-electron chi connectivity index (χ0n) is 14.9. The first-order chi connectivity index (χ1) is 12.0. The second-order valence-electron chi connectivity index (χ2n) is 7.25. The Morgan fingerprint density at radius 1 is 0.885 bits per heavy atom. The van der Waals surface area contributed by atoms with Gasteiger partial charge in [-0.15, -0.1) is 0 Å². The number of pyridine rings is 1. The molecule has 0 atom stereocenters. The number of hydrogen-bond acceptors (Lipinski definition) is 3. The molecule has 0 saturated carbocycles. The Morgan fingerprint density at radius 2 is 1.50 bits per heavy atom. The van der Waals surface area contributed by atoms with Crippen LogP contribution >= 0.6 is 0 Å². The average Bonchev–Trinajstić information content (AvgIpc) is 3.04. The summed E-state index contributed by atoms with van der Waals surface area (Å²) in [6.07, 6.45) is -4.57. The lowest BCUT2D eigenvalue weighted by Crippen LogP contribution is -2.10. The Bertz CT molecular complexity index is 919. The molecule has 2 heterocycles. The molecular weight excluding hydrogens is 341 g/mol. The van der Waals surface area contributed by atoms with E-state index < -0.39 is 12.0 Å². The number of H-pyrrole nitrogens is 1. The summed E-state index contributed by atoms with van der Waals surface area (Å²) < 4.78 is 38.2. The summed E-state index contributed by atoms with van der Waals surface area (Å²) in [5.41, 5.74) is 3.94. The Balaban J connectivity index is 1.99. The van der Waals surface area contributed by atoms with Crippen molar-refractivity contribution in [1.82, 2.24) is 20.2 Å². The molecule has 0 aliphatic heterocycles. The fraction of sp³-hybridized carbons (Fsp3) is 0.316. The monoisotopic (exact) mass is 360 g/mol. The van der Waals surface area contributed by atoms with Crippen molar-refractivity contribution in [2.75, 3.05) is 0 Å². The van der Waals surface area contributed by atoms with Crippen molar-refractivity contribution >= 4 is 0 Å². The molecule has 0 radical (unpaired) electrons. The van der Waals surface area contributed by atoms with Crippen molar-refractivity contribution in [2.24, 2.45) is 0 Å². The van der Waals surface area contributed by atoms with Crippen LogP contribution in [0.4, 0.5) is 13.2 Å². The maximum absolute atomic E-state index is 12.7. The van der Waals surface area contributed by atoms with Gasteiger partial charge >= 0.3 is 6.18 Å². The number of halogens is 3. The standard InChI is InChI=1S/C19H19F3N4/c1-11-9-14(12-5-7-13(8-6-12)18(2,3)4)23-15(10-11)16-24-17(26-25-16)19(20,21)22/h5-10H,1-4H3,(H,24,25,26). The molecule has 136 valence electrons. The number of aromatic nitrogens is 4. The van der Waals surface area contributed by atoms with Crippen LogP contribution in [0.1, 0.15) is 37.7 Å². The highest BCUT2D eigenvalue weighted by Crippen LogP contribution is 2.29. The van der Waals surface area contributed by atoms with Crippen LogP contribution in [0.3, 0.4) is 0 Å². The summed E-state index contributed by atoms with van der Waals surface area (Å²) in [6, 6.07) is 11.5. The summed E-state index contributed by atoms with van der Waals surface area (Å²) in [5.74, 6) is -1.21. The number of nitrogens with zero attached hydrogens (tertiary/aromatic N) is 3. The van der Waals surface area contributed by atoms with Crippen molar-refractivity contribution in [3.63, 3.8) is 0 Å². The van der Waals surface area contributed by atoms with Gasteiger partial charge in [-0.25, -0.2) is 9.97 Å². The van der Waals surface area contributed by atoms with Crippen LogP contribution < -0.4 is 0 Å². The van der Waals surface area contributed by atoms with Gasteiger partial charge < -0.3 is 0 Å². The molecule has 4 nitrogen and oxygen atoms in total. The van der Waals surface area contributed by atoms with Gasteiger partial charge in [-0.05, 0) is 35.6 Å². The predicted molar refractivity (Wildman–Crippen MR) is 93.5 cm³/mol. The van der Waals surface area contributed by atoms with Gasteiger partial charge in [0, 0.05) is 5.56 Å². The minimum Gasteiger partial charge on any atom is -0.255 e. The second-order valence-corrected chi connectivity index (χ2v) is 7.25. The van der Waals surface area contributed by atoms with Gasteiger partial charge in [0.15, 0.2) is 5.82 Å². The number of alkyl halides is 3. The number of hydrogen-bond donors (Lipinski definition) is 1. The SMILES string of the molecule is Cc1cc(-c2ccc(C(C)(C)C)cc2)nc(-c2n[nH]c(C(F)(F)F)n2)c1. The highest BCUT2D eigenvalue weighted by Gasteiger charge is 2.35. The number of nitrogens with one attached hydrogen (secondary N) is 1. The molecule has 1 N–H and O–H groups in total. The third kappa shape index (κ3) is 3.76. The van der Waals surface area contributed by atoms with Crippen molar-refractivity contribution in [3.8, 4) is 22.8 Å². The fourth-order valence-electron chi connectivity index (χ4n) is 2.57. The third-order valence-corrected chi connectivity index (χ3v) is 4.00. The van der Waals surface area contributed by atoms with Gasteiger partial charge in [-0.2, -0.15) is 18.3 Å². The highest BCUT2D eigenvalue weighted by molar-refractivity contribution is 5.64. The van der Waals surface area contributed by atoms with E-state index in [9.17, 15) is 13.2 Å². The molecule has 1 aromatic carbocycles. The van der Waals surface area contributed by atoms with Gasteiger partial charge in [-0.3, -0.25) is 5.10 Å². The molecule has 7 heteroatoms. The molecule has 0 unspecified atom stereocenters. The van der Waals surface area contributed by atoms with Gasteiger partial charge in [-0.1, -0.05) is 45.0 Å². The smallest absolute Gasteiger partial charge is 0.255 e. The normalized spacial score (nSPS) is 12.4. The molecule has 0 aliphatic carbocycles. The molecule has 0 amide bonds. The topological polar surface area (TPSA) is 54.5 Å². The first kappa shape index (κ1) is 18.1. The van der Waals surface area contributed by atoms with Gasteiger partial charge in [0.1, 0.15) is 5.69 Å². The van der Waals surface area contributed by atoms with Crippen LogP contribution in [0.5, 0.6) is 0 Å². The minimum atomic E-state index is -4.57. The minimum absolute atomic E-state index is 0.0384. The quantitative estimate of drug-likeness (QED) is 0.687. The molecule has 3 aromatic rings. The third-order valence-electron chi connectivity index (χ3n) is 4.00. The van der Waals surface area contributed by atoms with Crippen LogP contribution in [-0.4, -0.2) is 20.2 Å². The van der Waals surface area contributed by atoms with Crippen LogP contribution in [0.25, 0.3) is 22.8 Å². The molecule has 0 bridgehead atoms. The highest BCUT2D eigenvalue weighted by atomic mass is 19.4. The molecule has 2 aromatic heterocycles. The molecular formula is C19H19F3N4. The van der Waals surface area contributed by atoms with Gasteiger partial charge in [0.05, 0.1) is 5.69 Å². The maximum Gasteiger partial charge on any atom is 0.451 e. The summed E-state index contributed by atoms with van der Waals surface area (Å²) in [7, 11) is 0.